The number of benzene rings is 1. The van der Waals surface area contributed by atoms with Gasteiger partial charge in [-0.15, -0.1) is 0 Å². The topological polar surface area (TPSA) is 86.3 Å². The highest BCUT2D eigenvalue weighted by atomic mass is 32.2. The van der Waals surface area contributed by atoms with Crippen LogP contribution in [0.25, 0.3) is 0 Å². The van der Waals surface area contributed by atoms with Crippen LogP contribution in [-0.4, -0.2) is 78.0 Å². The fraction of sp³-hybridized carbons (Fsp3) is 0.611. The highest BCUT2D eigenvalue weighted by Gasteiger charge is 2.25. The van der Waals surface area contributed by atoms with Gasteiger partial charge in [-0.3, -0.25) is 4.99 Å². The molecule has 0 unspecified atom stereocenters. The number of methoxy groups -OCH3 is 1. The molecule has 152 valence electrons. The van der Waals surface area contributed by atoms with E-state index in [9.17, 15) is 8.42 Å². The fourth-order valence-corrected chi connectivity index (χ4v) is 4.22. The first-order valence-electron chi connectivity index (χ1n) is 8.97. The van der Waals surface area contributed by atoms with Gasteiger partial charge in [0.15, 0.2) is 5.96 Å². The van der Waals surface area contributed by atoms with Gasteiger partial charge in [0.05, 0.1) is 13.4 Å². The Morgan fingerprint density at radius 1 is 1.19 bits per heavy atom. The first-order chi connectivity index (χ1) is 12.6. The molecule has 2 N–H and O–H groups in total. The maximum absolute atomic E-state index is 11.5. The van der Waals surface area contributed by atoms with Gasteiger partial charge in [-0.1, -0.05) is 0 Å². The molecule has 9 heteroatoms. The summed E-state index contributed by atoms with van der Waals surface area (Å²) in [5, 5.41) is 3.29. The third-order valence-electron chi connectivity index (χ3n) is 4.38. The van der Waals surface area contributed by atoms with E-state index < -0.39 is 15.6 Å². The van der Waals surface area contributed by atoms with Crippen molar-refractivity contribution in [1.29, 1.82) is 0 Å². The second-order valence-corrected chi connectivity index (χ2v) is 9.08. The molecule has 8 nitrogen and oxygen atoms in total. The van der Waals surface area contributed by atoms with Gasteiger partial charge in [-0.25, -0.2) is 13.1 Å². The van der Waals surface area contributed by atoms with Crippen molar-refractivity contribution in [3.63, 3.8) is 0 Å². The van der Waals surface area contributed by atoms with Crippen LogP contribution >= 0.6 is 0 Å². The minimum absolute atomic E-state index is 0.450. The normalized spacial score (nSPS) is 16.4. The molecule has 0 atom stereocenters. The van der Waals surface area contributed by atoms with Crippen LogP contribution in [0.15, 0.2) is 29.3 Å². The lowest BCUT2D eigenvalue weighted by Crippen LogP contribution is -2.56. The van der Waals surface area contributed by atoms with Gasteiger partial charge in [-0.2, -0.15) is 0 Å². The molecular weight excluding hydrogens is 366 g/mol. The van der Waals surface area contributed by atoms with Gasteiger partial charge in [0, 0.05) is 51.0 Å². The largest absolute Gasteiger partial charge is 0.497 e. The molecule has 1 aromatic rings. The number of rotatable bonds is 6. The molecule has 2 rings (SSSR count). The predicted molar refractivity (Wildman–Crippen MR) is 110 cm³/mol. The lowest BCUT2D eigenvalue weighted by atomic mass is 10.1. The van der Waals surface area contributed by atoms with Crippen molar-refractivity contribution < 1.29 is 13.2 Å². The minimum atomic E-state index is -3.26. The molecule has 0 saturated carbocycles. The lowest BCUT2D eigenvalue weighted by molar-refractivity contribution is 0.362. The molecule has 27 heavy (non-hydrogen) atoms. The van der Waals surface area contributed by atoms with E-state index in [1.807, 2.05) is 26.0 Å². The van der Waals surface area contributed by atoms with Gasteiger partial charge < -0.3 is 19.9 Å². The Bertz CT molecular complexity index is 739. The quantitative estimate of drug-likeness (QED) is 0.543. The fourth-order valence-electron chi connectivity index (χ4n) is 3.14. The van der Waals surface area contributed by atoms with Gasteiger partial charge in [0.25, 0.3) is 0 Å². The maximum Gasteiger partial charge on any atom is 0.209 e. The van der Waals surface area contributed by atoms with Gasteiger partial charge in [0.2, 0.25) is 10.0 Å². The summed E-state index contributed by atoms with van der Waals surface area (Å²) in [4.78, 5) is 8.87. The number of hydrogen-bond donors (Lipinski definition) is 2. The SMILES string of the molecule is CN=C(NCC(C)(C)NS(C)(=O)=O)N1CCN(c2ccc(OC)cc2)CC1. The molecule has 1 aromatic carbocycles. The van der Waals surface area contributed by atoms with Crippen LogP contribution in [0.5, 0.6) is 5.75 Å². The van der Waals surface area contributed by atoms with Crippen molar-refractivity contribution in [2.75, 3.05) is 58.0 Å². The second-order valence-electron chi connectivity index (χ2n) is 7.33. The molecule has 1 aliphatic heterocycles. The van der Waals surface area contributed by atoms with Crippen LogP contribution in [0.4, 0.5) is 5.69 Å². The van der Waals surface area contributed by atoms with Crippen molar-refractivity contribution >= 4 is 21.7 Å². The van der Waals surface area contributed by atoms with Crippen molar-refractivity contribution in [2.45, 2.75) is 19.4 Å². The summed E-state index contributed by atoms with van der Waals surface area (Å²) in [7, 11) is 0.148. The summed E-state index contributed by atoms with van der Waals surface area (Å²) in [5.41, 5.74) is 0.575. The van der Waals surface area contributed by atoms with Gasteiger partial charge in [-0.05, 0) is 38.1 Å². The Labute approximate surface area is 162 Å². The van der Waals surface area contributed by atoms with E-state index in [4.69, 9.17) is 4.74 Å². The van der Waals surface area contributed by atoms with E-state index in [0.29, 0.717) is 6.54 Å². The monoisotopic (exact) mass is 397 g/mol. The summed E-state index contributed by atoms with van der Waals surface area (Å²) < 4.78 is 30.8. The standard InChI is InChI=1S/C18H31N5O3S/c1-18(2,21-27(5,24)25)14-20-17(19-3)23-12-10-22(11-13-23)15-6-8-16(26-4)9-7-15/h6-9,21H,10-14H2,1-5H3,(H,19,20). The van der Waals surface area contributed by atoms with E-state index in [0.717, 1.165) is 37.9 Å². The highest BCUT2D eigenvalue weighted by molar-refractivity contribution is 7.88. The number of sulfonamides is 1. The highest BCUT2D eigenvalue weighted by Crippen LogP contribution is 2.20. The number of piperazine rings is 1. The molecule has 0 amide bonds. The number of anilines is 1. The molecule has 0 radical (unpaired) electrons. The zero-order valence-electron chi connectivity index (χ0n) is 16.8. The Balaban J connectivity index is 1.89. The van der Waals surface area contributed by atoms with Crippen LogP contribution in [0.3, 0.4) is 0 Å². The molecule has 0 spiro atoms. The first-order valence-corrected chi connectivity index (χ1v) is 10.9. The zero-order chi connectivity index (χ0) is 20.1. The summed E-state index contributed by atoms with van der Waals surface area (Å²) >= 11 is 0. The van der Waals surface area contributed by atoms with Gasteiger partial charge >= 0.3 is 0 Å². The van der Waals surface area contributed by atoms with Crippen LogP contribution in [0.2, 0.25) is 0 Å². The molecule has 1 saturated heterocycles. The molecule has 0 bridgehead atoms. The third-order valence-corrected chi connectivity index (χ3v) is 5.30. The Morgan fingerprint density at radius 2 is 1.78 bits per heavy atom. The molecular formula is C18H31N5O3S. The van der Waals surface area contributed by atoms with Crippen LogP contribution in [-0.2, 0) is 10.0 Å². The lowest BCUT2D eigenvalue weighted by Gasteiger charge is -2.38. The maximum atomic E-state index is 11.5. The predicted octanol–water partition coefficient (Wildman–Crippen LogP) is 0.720. The third kappa shape index (κ3) is 6.59. The van der Waals surface area contributed by atoms with Crippen molar-refractivity contribution in [3.05, 3.63) is 24.3 Å². The van der Waals surface area contributed by atoms with E-state index in [1.54, 1.807) is 14.2 Å². The van der Waals surface area contributed by atoms with Crippen LogP contribution in [0, 0.1) is 0 Å². The summed E-state index contributed by atoms with van der Waals surface area (Å²) in [6.45, 7) is 7.59. The number of ether oxygens (including phenoxy) is 1. The Kier molecular flexibility index (Phi) is 6.94. The van der Waals surface area contributed by atoms with E-state index >= 15 is 0 Å². The van der Waals surface area contributed by atoms with Crippen LogP contribution < -0.4 is 19.7 Å². The van der Waals surface area contributed by atoms with Gasteiger partial charge in [0.1, 0.15) is 5.75 Å². The summed E-state index contributed by atoms with van der Waals surface area (Å²) in [5.74, 6) is 1.64. The van der Waals surface area contributed by atoms with Crippen LogP contribution in [0.1, 0.15) is 13.8 Å². The number of aliphatic imine (C=N–C) groups is 1. The molecule has 0 aliphatic carbocycles. The average molecular weight is 398 g/mol. The number of nitrogens with one attached hydrogen (secondary N) is 2. The Morgan fingerprint density at radius 3 is 2.26 bits per heavy atom. The number of nitrogens with zero attached hydrogens (tertiary/aromatic N) is 3. The van der Waals surface area contributed by atoms with Crippen molar-refractivity contribution in [1.82, 2.24) is 14.9 Å². The molecule has 1 aliphatic rings. The van der Waals surface area contributed by atoms with E-state index in [1.165, 1.54) is 11.9 Å². The molecule has 1 fully saturated rings. The summed E-state index contributed by atoms with van der Waals surface area (Å²) in [6.07, 6.45) is 1.17. The van der Waals surface area contributed by atoms with E-state index in [2.05, 4.69) is 37.0 Å². The summed E-state index contributed by atoms with van der Waals surface area (Å²) in [6, 6.07) is 8.08. The smallest absolute Gasteiger partial charge is 0.209 e. The molecule has 1 heterocycles. The molecule has 0 aromatic heterocycles. The minimum Gasteiger partial charge on any atom is -0.497 e. The first kappa shape index (κ1) is 21.3. The Hall–Kier alpha value is -2.00. The van der Waals surface area contributed by atoms with Crippen molar-refractivity contribution in [3.8, 4) is 5.75 Å². The number of hydrogen-bond acceptors (Lipinski definition) is 5. The second kappa shape index (κ2) is 8.79. The average Bonchev–Trinajstić information content (AvgIpc) is 2.61. The van der Waals surface area contributed by atoms with Crippen molar-refractivity contribution in [2.24, 2.45) is 4.99 Å². The zero-order valence-corrected chi connectivity index (χ0v) is 17.6. The number of guanidine groups is 1. The van der Waals surface area contributed by atoms with E-state index in [-0.39, 0.29) is 0 Å².